The monoisotopic (exact) mass is 392 g/mol. The van der Waals surface area contributed by atoms with Crippen LogP contribution in [-0.4, -0.2) is 70.0 Å². The van der Waals surface area contributed by atoms with Gasteiger partial charge < -0.3 is 25.5 Å². The van der Waals surface area contributed by atoms with Crippen molar-refractivity contribution in [1.82, 2.24) is 19.5 Å². The second-order valence-electron chi connectivity index (χ2n) is 6.60. The smallest absolute Gasteiger partial charge is 0.349 e. The molecule has 11 heteroatoms. The zero-order chi connectivity index (χ0) is 20.7. The Labute approximate surface area is 157 Å². The number of aromatic nitrogens is 4. The lowest BCUT2D eigenvalue weighted by atomic mass is 10.1. The normalized spacial score (nSPS) is 16.2. The SMILES string of the molecule is Cc1cc2nc3c(=O)[nH]c(=O)nc-3n(C(O)C(O)C(O)C(O)CO)c2cc1C. The molecule has 0 aliphatic carbocycles. The third-order valence-corrected chi connectivity index (χ3v) is 4.67. The van der Waals surface area contributed by atoms with Gasteiger partial charge in [-0.1, -0.05) is 0 Å². The average Bonchev–Trinajstić information content (AvgIpc) is 2.65. The van der Waals surface area contributed by atoms with Gasteiger partial charge in [-0.2, -0.15) is 4.98 Å². The standard InChI is InChI=1S/C17H20N4O7/c1-6-3-8-9(4-7(6)2)21(16(27)13(25)12(24)10(23)5-22)14-11(18-8)15(26)20-17(28)19-14/h3-4,10,12-13,16,22-25,27H,5H2,1-2H3,(H,20,26,28). The lowest BCUT2D eigenvalue weighted by molar-refractivity contribution is -0.133. The number of nitrogens with one attached hydrogen (secondary N) is 1. The van der Waals surface area contributed by atoms with Gasteiger partial charge in [-0.3, -0.25) is 14.3 Å². The minimum atomic E-state index is -1.97. The molecule has 4 atom stereocenters. The molecule has 0 amide bonds. The van der Waals surface area contributed by atoms with Crippen molar-refractivity contribution < 1.29 is 25.5 Å². The van der Waals surface area contributed by atoms with E-state index in [0.717, 1.165) is 15.7 Å². The summed E-state index contributed by atoms with van der Waals surface area (Å²) in [6.07, 6.45) is -7.52. The lowest BCUT2D eigenvalue weighted by Crippen LogP contribution is -2.45. The molecule has 0 spiro atoms. The van der Waals surface area contributed by atoms with Crippen LogP contribution in [0, 0.1) is 13.8 Å². The summed E-state index contributed by atoms with van der Waals surface area (Å²) in [5.41, 5.74) is 0.109. The van der Waals surface area contributed by atoms with Crippen LogP contribution in [0.5, 0.6) is 0 Å². The van der Waals surface area contributed by atoms with E-state index in [1.165, 1.54) is 0 Å². The second kappa shape index (κ2) is 7.37. The third kappa shape index (κ3) is 3.30. The number of benzene rings is 1. The molecular weight excluding hydrogens is 372 g/mol. The van der Waals surface area contributed by atoms with Crippen LogP contribution >= 0.6 is 0 Å². The molecule has 2 aliphatic rings. The van der Waals surface area contributed by atoms with Crippen molar-refractivity contribution in [3.63, 3.8) is 0 Å². The Hall–Kier alpha value is -2.70. The van der Waals surface area contributed by atoms with E-state index < -0.39 is 42.4 Å². The summed E-state index contributed by atoms with van der Waals surface area (Å²) in [7, 11) is 0. The molecule has 4 unspecified atom stereocenters. The molecule has 150 valence electrons. The van der Waals surface area contributed by atoms with Crippen molar-refractivity contribution in [2.45, 2.75) is 38.4 Å². The Morgan fingerprint density at radius 3 is 2.32 bits per heavy atom. The summed E-state index contributed by atoms with van der Waals surface area (Å²) in [4.78, 5) is 33.8. The van der Waals surface area contributed by atoms with Crippen molar-refractivity contribution in [2.24, 2.45) is 0 Å². The number of H-pyrrole nitrogens is 1. The predicted octanol–water partition coefficient (Wildman–Crippen LogP) is -2.23. The summed E-state index contributed by atoms with van der Waals surface area (Å²) >= 11 is 0. The molecular formula is C17H20N4O7. The van der Waals surface area contributed by atoms with Crippen molar-refractivity contribution in [1.29, 1.82) is 0 Å². The number of rotatable bonds is 5. The fraction of sp³-hybridized carbons (Fsp3) is 0.412. The molecule has 1 aromatic rings. The van der Waals surface area contributed by atoms with Crippen LogP contribution in [0.2, 0.25) is 0 Å². The van der Waals surface area contributed by atoms with E-state index in [1.54, 1.807) is 19.1 Å². The number of aliphatic hydroxyl groups excluding tert-OH is 5. The van der Waals surface area contributed by atoms with E-state index >= 15 is 0 Å². The largest absolute Gasteiger partial charge is 0.394 e. The molecule has 2 heterocycles. The maximum Gasteiger partial charge on any atom is 0.349 e. The van der Waals surface area contributed by atoms with Gasteiger partial charge in [0.25, 0.3) is 5.56 Å². The number of aryl methyl sites for hydroxylation is 2. The van der Waals surface area contributed by atoms with E-state index in [1.807, 2.05) is 11.9 Å². The fourth-order valence-corrected chi connectivity index (χ4v) is 2.94. The molecule has 0 aromatic heterocycles. The second-order valence-corrected chi connectivity index (χ2v) is 6.60. The molecule has 1 aromatic carbocycles. The van der Waals surface area contributed by atoms with E-state index in [2.05, 4.69) is 9.97 Å². The van der Waals surface area contributed by atoms with Crippen LogP contribution < -0.4 is 11.2 Å². The molecule has 3 rings (SSSR count). The van der Waals surface area contributed by atoms with Crippen LogP contribution in [0.4, 0.5) is 0 Å². The van der Waals surface area contributed by atoms with Gasteiger partial charge in [0.1, 0.15) is 18.3 Å². The van der Waals surface area contributed by atoms with Gasteiger partial charge in [0.05, 0.1) is 17.6 Å². The number of aliphatic hydroxyl groups is 5. The minimum Gasteiger partial charge on any atom is -0.394 e. The number of hydrogen-bond donors (Lipinski definition) is 6. The summed E-state index contributed by atoms with van der Waals surface area (Å²) in [6, 6.07) is 3.28. The Morgan fingerprint density at radius 1 is 1.04 bits per heavy atom. The number of hydrogen-bond acceptors (Lipinski definition) is 9. The highest BCUT2D eigenvalue weighted by molar-refractivity contribution is 5.81. The first-order chi connectivity index (χ1) is 13.1. The molecule has 28 heavy (non-hydrogen) atoms. The molecule has 0 radical (unpaired) electrons. The van der Waals surface area contributed by atoms with Crippen molar-refractivity contribution in [3.8, 4) is 11.5 Å². The first-order valence-electron chi connectivity index (χ1n) is 8.42. The Morgan fingerprint density at radius 2 is 1.68 bits per heavy atom. The van der Waals surface area contributed by atoms with E-state index in [0.29, 0.717) is 0 Å². The van der Waals surface area contributed by atoms with Crippen molar-refractivity contribution in [3.05, 3.63) is 44.1 Å². The number of nitrogens with zero attached hydrogens (tertiary/aromatic N) is 3. The summed E-state index contributed by atoms with van der Waals surface area (Å²) < 4.78 is 0.999. The van der Waals surface area contributed by atoms with Crippen molar-refractivity contribution in [2.75, 3.05) is 6.61 Å². The molecule has 0 fully saturated rings. The summed E-state index contributed by atoms with van der Waals surface area (Å²) in [5, 5.41) is 49.6. The highest BCUT2D eigenvalue weighted by atomic mass is 16.4. The zero-order valence-corrected chi connectivity index (χ0v) is 15.1. The van der Waals surface area contributed by atoms with Crippen LogP contribution in [0.1, 0.15) is 17.4 Å². The quantitative estimate of drug-likeness (QED) is 0.262. The van der Waals surface area contributed by atoms with Crippen LogP contribution in [-0.2, 0) is 0 Å². The van der Waals surface area contributed by atoms with Gasteiger partial charge in [0.15, 0.2) is 17.7 Å². The Balaban J connectivity index is 2.35. The van der Waals surface area contributed by atoms with Crippen LogP contribution in [0.25, 0.3) is 22.6 Å². The average molecular weight is 392 g/mol. The van der Waals surface area contributed by atoms with Gasteiger partial charge in [0.2, 0.25) is 0 Å². The van der Waals surface area contributed by atoms with E-state index in [-0.39, 0.29) is 22.6 Å². The maximum absolute atomic E-state index is 12.2. The minimum absolute atomic E-state index is 0.241. The summed E-state index contributed by atoms with van der Waals surface area (Å²) in [5.74, 6) is -0.304. The van der Waals surface area contributed by atoms with E-state index in [4.69, 9.17) is 5.11 Å². The molecule has 6 N–H and O–H groups in total. The molecule has 2 aliphatic heterocycles. The Bertz CT molecular complexity index is 1110. The number of fused-ring (bicyclic) bond motifs is 2. The van der Waals surface area contributed by atoms with Crippen molar-refractivity contribution >= 4 is 11.0 Å². The third-order valence-electron chi connectivity index (χ3n) is 4.67. The summed E-state index contributed by atoms with van der Waals surface area (Å²) in [6.45, 7) is 2.76. The van der Waals surface area contributed by atoms with Gasteiger partial charge in [0, 0.05) is 0 Å². The zero-order valence-electron chi connectivity index (χ0n) is 15.1. The van der Waals surface area contributed by atoms with Gasteiger partial charge in [-0.25, -0.2) is 9.78 Å². The maximum atomic E-state index is 12.2. The van der Waals surface area contributed by atoms with Gasteiger partial charge in [-0.05, 0) is 37.1 Å². The molecule has 0 saturated heterocycles. The Kier molecular flexibility index (Phi) is 5.28. The van der Waals surface area contributed by atoms with Gasteiger partial charge in [-0.15, -0.1) is 0 Å². The lowest BCUT2D eigenvalue weighted by Gasteiger charge is -2.29. The first kappa shape index (κ1) is 20.0. The highest BCUT2D eigenvalue weighted by Gasteiger charge is 2.34. The van der Waals surface area contributed by atoms with Crippen LogP contribution in [0.15, 0.2) is 21.7 Å². The fourth-order valence-electron chi connectivity index (χ4n) is 2.94. The predicted molar refractivity (Wildman–Crippen MR) is 96.9 cm³/mol. The molecule has 0 saturated carbocycles. The van der Waals surface area contributed by atoms with Gasteiger partial charge >= 0.3 is 5.69 Å². The van der Waals surface area contributed by atoms with Crippen LogP contribution in [0.3, 0.4) is 0 Å². The van der Waals surface area contributed by atoms with E-state index in [9.17, 15) is 30.0 Å². The molecule has 11 nitrogen and oxygen atoms in total. The molecule has 0 bridgehead atoms. The topological polar surface area (TPSA) is 182 Å². The number of aromatic amines is 1. The first-order valence-corrected chi connectivity index (χ1v) is 8.42. The highest BCUT2D eigenvalue weighted by Crippen LogP contribution is 2.28.